The Kier molecular flexibility index (Phi) is 9.01. The molecule has 0 aliphatic heterocycles. The van der Waals surface area contributed by atoms with Crippen LogP contribution in [-0.4, -0.2) is 18.2 Å². The van der Waals surface area contributed by atoms with Crippen molar-refractivity contribution in [2.75, 3.05) is 6.61 Å². The van der Waals surface area contributed by atoms with Crippen molar-refractivity contribution in [1.82, 2.24) is 0 Å². The topological polar surface area (TPSA) is 59.3 Å². The maximum absolute atomic E-state index is 14.0. The van der Waals surface area contributed by atoms with Gasteiger partial charge < -0.3 is 9.47 Å². The zero-order chi connectivity index (χ0) is 29.6. The molecule has 0 saturated heterocycles. The van der Waals surface area contributed by atoms with E-state index in [1.807, 2.05) is 6.07 Å². The lowest BCUT2D eigenvalue weighted by atomic mass is 10.1. The zero-order valence-corrected chi connectivity index (χ0v) is 22.7. The molecule has 0 bridgehead atoms. The Labute approximate surface area is 237 Å². The van der Waals surface area contributed by atoms with Crippen molar-refractivity contribution in [2.45, 2.75) is 34.1 Å². The SMILES string of the molecule is CC(C)(C#Cc1ccc(C#N)cc1)OC(=O)COc1ccc([S+](c2cc(F)cc(F)c2)c2cc(F)cc(F)c2)cc1. The number of hydrogen-bond acceptors (Lipinski definition) is 4. The average Bonchev–Trinajstić information content (AvgIpc) is 2.91. The molecule has 0 saturated carbocycles. The van der Waals surface area contributed by atoms with E-state index in [4.69, 9.17) is 14.7 Å². The van der Waals surface area contributed by atoms with E-state index in [2.05, 4.69) is 11.8 Å². The summed E-state index contributed by atoms with van der Waals surface area (Å²) in [5.41, 5.74) is 0.0473. The van der Waals surface area contributed by atoms with E-state index in [9.17, 15) is 22.4 Å². The van der Waals surface area contributed by atoms with Gasteiger partial charge >= 0.3 is 5.97 Å². The maximum atomic E-state index is 14.0. The molecular weight excluding hydrogens is 554 g/mol. The molecule has 0 amide bonds. The molecule has 0 unspecified atom stereocenters. The van der Waals surface area contributed by atoms with Crippen LogP contribution in [-0.2, 0) is 20.4 Å². The summed E-state index contributed by atoms with van der Waals surface area (Å²) < 4.78 is 67.1. The second-order valence-electron chi connectivity index (χ2n) is 9.20. The lowest BCUT2D eigenvalue weighted by Gasteiger charge is -2.19. The van der Waals surface area contributed by atoms with E-state index in [1.165, 1.54) is 12.1 Å². The number of esters is 1. The van der Waals surface area contributed by atoms with Crippen LogP contribution in [0.15, 0.2) is 99.6 Å². The van der Waals surface area contributed by atoms with Crippen molar-refractivity contribution >= 4 is 16.9 Å². The summed E-state index contributed by atoms with van der Waals surface area (Å²) in [7, 11) is -1.25. The van der Waals surface area contributed by atoms with Gasteiger partial charge in [0.05, 0.1) is 22.5 Å². The Morgan fingerprint density at radius 1 is 0.756 bits per heavy atom. The highest BCUT2D eigenvalue weighted by Crippen LogP contribution is 2.34. The number of halogens is 4. The first-order chi connectivity index (χ1) is 19.5. The molecule has 0 atom stereocenters. The Balaban J connectivity index is 1.46. The zero-order valence-electron chi connectivity index (χ0n) is 21.9. The standard InChI is InChI=1S/C32H22F4NO3S/c1-32(2,12-11-21-3-5-22(19-37)6-4-21)40-31(38)20-39-27-7-9-28(10-8-27)41(29-15-23(33)13-24(34)16-29)30-17-25(35)14-26(36)18-30/h3-10,13-18H,20H2,1-2H3/q+1. The molecule has 4 aromatic carbocycles. The number of carbonyl (C=O) groups is 1. The summed E-state index contributed by atoms with van der Waals surface area (Å²) in [6.07, 6.45) is 0. The molecule has 0 aromatic heterocycles. The van der Waals surface area contributed by atoms with Gasteiger partial charge in [-0.25, -0.2) is 22.4 Å². The van der Waals surface area contributed by atoms with Crippen LogP contribution in [0, 0.1) is 46.4 Å². The van der Waals surface area contributed by atoms with E-state index in [0.29, 0.717) is 33.9 Å². The molecule has 0 aliphatic rings. The number of benzene rings is 4. The third-order valence-corrected chi connectivity index (χ3v) is 7.61. The summed E-state index contributed by atoms with van der Waals surface area (Å²) in [6.45, 7) is 2.83. The maximum Gasteiger partial charge on any atom is 0.345 e. The van der Waals surface area contributed by atoms with Crippen molar-refractivity contribution in [3.63, 3.8) is 0 Å². The molecular formula is C32H22F4NO3S+. The number of rotatable bonds is 7. The molecule has 0 radical (unpaired) electrons. The van der Waals surface area contributed by atoms with Crippen molar-refractivity contribution in [3.8, 4) is 23.7 Å². The van der Waals surface area contributed by atoms with Crippen LogP contribution in [0.25, 0.3) is 0 Å². The number of nitrogens with zero attached hydrogens (tertiary/aromatic N) is 1. The minimum absolute atomic E-state index is 0.189. The molecule has 0 spiro atoms. The Morgan fingerprint density at radius 2 is 1.24 bits per heavy atom. The molecule has 0 heterocycles. The number of carbonyl (C=O) groups excluding carboxylic acids is 1. The monoisotopic (exact) mass is 576 g/mol. The lowest BCUT2D eigenvalue weighted by Crippen LogP contribution is -2.29. The van der Waals surface area contributed by atoms with Crippen LogP contribution in [0.4, 0.5) is 17.6 Å². The van der Waals surface area contributed by atoms with Crippen LogP contribution >= 0.6 is 0 Å². The number of nitriles is 1. The molecule has 4 nitrogen and oxygen atoms in total. The predicted octanol–water partition coefficient (Wildman–Crippen LogP) is 6.96. The molecule has 206 valence electrons. The molecule has 0 aliphatic carbocycles. The van der Waals surface area contributed by atoms with Crippen LogP contribution in [0.1, 0.15) is 25.0 Å². The Morgan fingerprint density at radius 3 is 1.73 bits per heavy atom. The average molecular weight is 577 g/mol. The summed E-state index contributed by atoms with van der Waals surface area (Å²) in [5.74, 6) is 2.12. The van der Waals surface area contributed by atoms with E-state index in [0.717, 1.165) is 24.3 Å². The number of ether oxygens (including phenoxy) is 2. The van der Waals surface area contributed by atoms with Gasteiger partial charge in [0.1, 0.15) is 29.0 Å². The van der Waals surface area contributed by atoms with Gasteiger partial charge in [-0.2, -0.15) is 5.26 Å². The molecule has 0 N–H and O–H groups in total. The van der Waals surface area contributed by atoms with Gasteiger partial charge in [0.25, 0.3) is 0 Å². The minimum atomic E-state index is -1.25. The van der Waals surface area contributed by atoms with Crippen molar-refractivity contribution in [3.05, 3.63) is 119 Å². The fraction of sp³-hybridized carbons (Fsp3) is 0.125. The summed E-state index contributed by atoms with van der Waals surface area (Å²) in [5, 5.41) is 8.88. The van der Waals surface area contributed by atoms with Gasteiger partial charge in [-0.1, -0.05) is 11.8 Å². The summed E-state index contributed by atoms with van der Waals surface area (Å²) in [4.78, 5) is 13.3. The predicted molar refractivity (Wildman–Crippen MR) is 145 cm³/mol. The molecule has 4 aromatic rings. The highest BCUT2D eigenvalue weighted by Gasteiger charge is 2.31. The van der Waals surface area contributed by atoms with Crippen LogP contribution < -0.4 is 4.74 Å². The quantitative estimate of drug-likeness (QED) is 0.103. The van der Waals surface area contributed by atoms with Crippen molar-refractivity contribution in [2.24, 2.45) is 0 Å². The van der Waals surface area contributed by atoms with E-state index in [-0.39, 0.29) is 9.79 Å². The normalized spacial score (nSPS) is 10.9. The Hall–Kier alpha value is -4.73. The summed E-state index contributed by atoms with van der Waals surface area (Å²) in [6, 6.07) is 20.8. The fourth-order valence-corrected chi connectivity index (χ4v) is 5.85. The van der Waals surface area contributed by atoms with Crippen LogP contribution in [0.2, 0.25) is 0 Å². The lowest BCUT2D eigenvalue weighted by molar-refractivity contribution is -0.154. The highest BCUT2D eigenvalue weighted by atomic mass is 32.2. The van der Waals surface area contributed by atoms with Gasteiger partial charge in [0.15, 0.2) is 26.9 Å². The second kappa shape index (κ2) is 12.6. The first-order valence-electron chi connectivity index (χ1n) is 12.2. The number of hydrogen-bond donors (Lipinski definition) is 0. The fourth-order valence-electron chi connectivity index (χ4n) is 3.71. The van der Waals surface area contributed by atoms with Crippen LogP contribution in [0.5, 0.6) is 5.75 Å². The third kappa shape index (κ3) is 8.14. The summed E-state index contributed by atoms with van der Waals surface area (Å²) >= 11 is 0. The smallest absolute Gasteiger partial charge is 0.345 e. The first-order valence-corrected chi connectivity index (χ1v) is 13.4. The minimum Gasteiger partial charge on any atom is -0.482 e. The molecule has 9 heteroatoms. The molecule has 4 rings (SSSR count). The largest absolute Gasteiger partial charge is 0.482 e. The van der Waals surface area contributed by atoms with E-state index in [1.54, 1.807) is 50.2 Å². The molecule has 0 fully saturated rings. The van der Waals surface area contributed by atoms with Crippen molar-refractivity contribution in [1.29, 1.82) is 5.26 Å². The second-order valence-corrected chi connectivity index (χ2v) is 11.2. The van der Waals surface area contributed by atoms with Gasteiger partial charge in [-0.3, -0.25) is 0 Å². The van der Waals surface area contributed by atoms with Gasteiger partial charge in [0.2, 0.25) is 0 Å². The highest BCUT2D eigenvalue weighted by molar-refractivity contribution is 7.97. The van der Waals surface area contributed by atoms with Crippen molar-refractivity contribution < 1.29 is 31.8 Å². The third-order valence-electron chi connectivity index (χ3n) is 5.45. The van der Waals surface area contributed by atoms with E-state index >= 15 is 0 Å². The molecule has 41 heavy (non-hydrogen) atoms. The van der Waals surface area contributed by atoms with Crippen LogP contribution in [0.3, 0.4) is 0 Å². The first kappa shape index (κ1) is 29.3. The van der Waals surface area contributed by atoms with Gasteiger partial charge in [-0.15, -0.1) is 0 Å². The Bertz CT molecular complexity index is 1580. The van der Waals surface area contributed by atoms with E-state index < -0.39 is 52.3 Å². The van der Waals surface area contributed by atoms with Gasteiger partial charge in [-0.05, 0) is 62.4 Å². The van der Waals surface area contributed by atoms with Gasteiger partial charge in [0, 0.05) is 42.0 Å².